The van der Waals surface area contributed by atoms with E-state index in [4.69, 9.17) is 4.74 Å². The molecule has 0 fully saturated rings. The Morgan fingerprint density at radius 2 is 1.82 bits per heavy atom. The van der Waals surface area contributed by atoms with Gasteiger partial charge in [0, 0.05) is 13.1 Å². The van der Waals surface area contributed by atoms with Crippen LogP contribution in [0.4, 0.5) is 4.79 Å². The van der Waals surface area contributed by atoms with Crippen LogP contribution in [0.1, 0.15) is 33.3 Å². The zero-order chi connectivity index (χ0) is 16.8. The molecule has 0 aliphatic heterocycles. The van der Waals surface area contributed by atoms with Crippen molar-refractivity contribution >= 4 is 12.1 Å². The van der Waals surface area contributed by atoms with Gasteiger partial charge in [0.1, 0.15) is 6.61 Å². The molecule has 1 rings (SSSR count). The molecular weight excluding hydrogens is 282 g/mol. The van der Waals surface area contributed by atoms with Gasteiger partial charge in [-0.25, -0.2) is 4.79 Å². The van der Waals surface area contributed by atoms with E-state index in [1.54, 1.807) is 13.8 Å². The van der Waals surface area contributed by atoms with Crippen LogP contribution in [0.3, 0.4) is 0 Å². The SMILES string of the molecule is CC(C)CN(CC(C)(C)C(=O)O)C(=O)OCc1ccccc1. The van der Waals surface area contributed by atoms with Crippen LogP contribution in [0.5, 0.6) is 0 Å². The smallest absolute Gasteiger partial charge is 0.410 e. The quantitative estimate of drug-likeness (QED) is 0.838. The number of carboxylic acid groups (broad SMARTS) is 1. The number of benzene rings is 1. The molecule has 0 aliphatic carbocycles. The first-order valence-electron chi connectivity index (χ1n) is 7.41. The van der Waals surface area contributed by atoms with E-state index in [-0.39, 0.29) is 19.1 Å². The number of ether oxygens (including phenoxy) is 1. The third kappa shape index (κ3) is 5.76. The topological polar surface area (TPSA) is 66.8 Å². The average Bonchev–Trinajstić information content (AvgIpc) is 2.44. The highest BCUT2D eigenvalue weighted by atomic mass is 16.6. The lowest BCUT2D eigenvalue weighted by Crippen LogP contribution is -2.44. The minimum atomic E-state index is -1.01. The highest BCUT2D eigenvalue weighted by Gasteiger charge is 2.32. The van der Waals surface area contributed by atoms with Gasteiger partial charge >= 0.3 is 12.1 Å². The summed E-state index contributed by atoms with van der Waals surface area (Å²) in [5.74, 6) is -0.703. The predicted octanol–water partition coefficient (Wildman–Crippen LogP) is 3.39. The lowest BCUT2D eigenvalue weighted by atomic mass is 9.93. The molecular formula is C17H25NO4. The molecule has 5 nitrogen and oxygen atoms in total. The van der Waals surface area contributed by atoms with Crippen molar-refractivity contribution in [2.45, 2.75) is 34.3 Å². The Morgan fingerprint density at radius 3 is 2.32 bits per heavy atom. The number of hydrogen-bond donors (Lipinski definition) is 1. The molecule has 0 bridgehead atoms. The number of carboxylic acids is 1. The van der Waals surface area contributed by atoms with Gasteiger partial charge in [-0.3, -0.25) is 4.79 Å². The summed E-state index contributed by atoms with van der Waals surface area (Å²) >= 11 is 0. The van der Waals surface area contributed by atoms with Crippen molar-refractivity contribution in [3.8, 4) is 0 Å². The molecule has 0 radical (unpaired) electrons. The Hall–Kier alpha value is -2.04. The lowest BCUT2D eigenvalue weighted by Gasteiger charge is -2.30. The van der Waals surface area contributed by atoms with E-state index < -0.39 is 17.5 Å². The van der Waals surface area contributed by atoms with E-state index in [9.17, 15) is 14.7 Å². The van der Waals surface area contributed by atoms with Gasteiger partial charge in [-0.2, -0.15) is 0 Å². The Bertz CT molecular complexity index is 497. The van der Waals surface area contributed by atoms with Crippen LogP contribution >= 0.6 is 0 Å². The maximum atomic E-state index is 12.3. The highest BCUT2D eigenvalue weighted by molar-refractivity contribution is 5.75. The number of hydrogen-bond acceptors (Lipinski definition) is 3. The van der Waals surface area contributed by atoms with Crippen molar-refractivity contribution in [2.24, 2.45) is 11.3 Å². The largest absolute Gasteiger partial charge is 0.481 e. The fourth-order valence-electron chi connectivity index (χ4n) is 2.00. The van der Waals surface area contributed by atoms with Gasteiger partial charge in [0.25, 0.3) is 0 Å². The van der Waals surface area contributed by atoms with Gasteiger partial charge in [0.15, 0.2) is 0 Å². The third-order valence-electron chi connectivity index (χ3n) is 3.21. The molecule has 0 saturated carbocycles. The Morgan fingerprint density at radius 1 is 1.23 bits per heavy atom. The molecule has 22 heavy (non-hydrogen) atoms. The monoisotopic (exact) mass is 307 g/mol. The molecule has 0 aliphatic rings. The molecule has 0 aromatic heterocycles. The second-order valence-corrected chi connectivity index (χ2v) is 6.50. The van der Waals surface area contributed by atoms with Crippen LogP contribution in [0, 0.1) is 11.3 Å². The van der Waals surface area contributed by atoms with Gasteiger partial charge in [0.05, 0.1) is 5.41 Å². The Kier molecular flexibility index (Phi) is 6.40. The Balaban J connectivity index is 2.70. The zero-order valence-corrected chi connectivity index (χ0v) is 13.7. The minimum Gasteiger partial charge on any atom is -0.481 e. The minimum absolute atomic E-state index is 0.119. The summed E-state index contributed by atoms with van der Waals surface area (Å²) in [7, 11) is 0. The van der Waals surface area contributed by atoms with Crippen LogP contribution in [-0.2, 0) is 16.1 Å². The van der Waals surface area contributed by atoms with Crippen LogP contribution in [0.25, 0.3) is 0 Å². The van der Waals surface area contributed by atoms with Crippen molar-refractivity contribution in [1.82, 2.24) is 4.90 Å². The maximum Gasteiger partial charge on any atom is 0.410 e. The molecule has 0 spiro atoms. The lowest BCUT2D eigenvalue weighted by molar-refractivity contribution is -0.147. The highest BCUT2D eigenvalue weighted by Crippen LogP contribution is 2.19. The molecule has 1 amide bonds. The summed E-state index contributed by atoms with van der Waals surface area (Å²) in [6.45, 7) is 7.93. The average molecular weight is 307 g/mol. The number of carbonyl (C=O) groups excluding carboxylic acids is 1. The van der Waals surface area contributed by atoms with E-state index in [0.717, 1.165) is 5.56 Å². The second-order valence-electron chi connectivity index (χ2n) is 6.50. The van der Waals surface area contributed by atoms with Gasteiger partial charge in [0.2, 0.25) is 0 Å². The predicted molar refractivity (Wildman–Crippen MR) is 84.5 cm³/mol. The van der Waals surface area contributed by atoms with Crippen molar-refractivity contribution in [1.29, 1.82) is 0 Å². The first-order chi connectivity index (χ1) is 10.2. The first kappa shape index (κ1) is 18.0. The number of rotatable bonds is 7. The molecule has 0 atom stereocenters. The first-order valence-corrected chi connectivity index (χ1v) is 7.41. The second kappa shape index (κ2) is 7.82. The van der Waals surface area contributed by atoms with Crippen molar-refractivity contribution in [2.75, 3.05) is 13.1 Å². The third-order valence-corrected chi connectivity index (χ3v) is 3.21. The molecule has 5 heteroatoms. The fourth-order valence-corrected chi connectivity index (χ4v) is 2.00. The van der Waals surface area contributed by atoms with Gasteiger partial charge in [-0.1, -0.05) is 44.2 Å². The standard InChI is InChI=1S/C17H25NO4/c1-13(2)10-18(12-17(3,4)15(19)20)16(21)22-11-14-8-6-5-7-9-14/h5-9,13H,10-12H2,1-4H3,(H,19,20). The van der Waals surface area contributed by atoms with E-state index in [0.29, 0.717) is 6.54 Å². The maximum absolute atomic E-state index is 12.3. The van der Waals surface area contributed by atoms with Gasteiger partial charge in [-0.15, -0.1) is 0 Å². The summed E-state index contributed by atoms with van der Waals surface area (Å²) in [5.41, 5.74) is -0.112. The summed E-state index contributed by atoms with van der Waals surface area (Å²) in [6, 6.07) is 9.40. The number of nitrogens with zero attached hydrogens (tertiary/aromatic N) is 1. The van der Waals surface area contributed by atoms with Crippen molar-refractivity contribution < 1.29 is 19.4 Å². The molecule has 0 unspecified atom stereocenters. The van der Waals surface area contributed by atoms with Crippen molar-refractivity contribution in [3.05, 3.63) is 35.9 Å². The van der Waals surface area contributed by atoms with E-state index in [1.807, 2.05) is 44.2 Å². The van der Waals surface area contributed by atoms with E-state index >= 15 is 0 Å². The fraction of sp³-hybridized carbons (Fsp3) is 0.529. The molecule has 122 valence electrons. The van der Waals surface area contributed by atoms with Crippen LogP contribution in [0.15, 0.2) is 30.3 Å². The van der Waals surface area contributed by atoms with E-state index in [2.05, 4.69) is 0 Å². The number of aliphatic carboxylic acids is 1. The Labute approximate surface area is 131 Å². The zero-order valence-electron chi connectivity index (χ0n) is 13.7. The molecule has 1 aromatic rings. The van der Waals surface area contributed by atoms with E-state index in [1.165, 1.54) is 4.90 Å². The summed E-state index contributed by atoms with van der Waals surface area (Å²) < 4.78 is 5.31. The van der Waals surface area contributed by atoms with Gasteiger partial charge < -0.3 is 14.7 Å². The summed E-state index contributed by atoms with van der Waals surface area (Å²) in [6.07, 6.45) is -0.480. The molecule has 0 heterocycles. The normalized spacial score (nSPS) is 11.3. The van der Waals surface area contributed by atoms with Crippen LogP contribution in [0.2, 0.25) is 0 Å². The molecule has 1 N–H and O–H groups in total. The number of carbonyl (C=O) groups is 2. The summed E-state index contributed by atoms with van der Waals surface area (Å²) in [5, 5.41) is 9.24. The van der Waals surface area contributed by atoms with Crippen molar-refractivity contribution in [3.63, 3.8) is 0 Å². The van der Waals surface area contributed by atoms with Crippen LogP contribution < -0.4 is 0 Å². The molecule has 0 saturated heterocycles. The van der Waals surface area contributed by atoms with Gasteiger partial charge in [-0.05, 0) is 25.3 Å². The number of amides is 1. The molecule has 1 aromatic carbocycles. The summed E-state index contributed by atoms with van der Waals surface area (Å²) in [4.78, 5) is 25.0. The van der Waals surface area contributed by atoms with Crippen LogP contribution in [-0.4, -0.2) is 35.2 Å².